The van der Waals surface area contributed by atoms with Crippen molar-refractivity contribution in [1.29, 1.82) is 0 Å². The number of nitrogen functional groups attached to an aromatic ring is 1. The Hall–Kier alpha value is -2.24. The molecule has 2 aliphatic rings. The quantitative estimate of drug-likeness (QED) is 0.642. The standard InChI is InChI=1S/C20H28N2O4/c1-20(2,3)26-19(24)22-14-6-7-15(22)10-12(9-14)16-8-5-13(21)11-17(16)18(23)25-4/h5,8,11-12,14-15H,6-7,9-10,21H2,1-4H3. The lowest BCUT2D eigenvalue weighted by atomic mass is 9.83. The van der Waals surface area contributed by atoms with Crippen molar-refractivity contribution in [2.24, 2.45) is 0 Å². The van der Waals surface area contributed by atoms with Gasteiger partial charge in [0, 0.05) is 17.8 Å². The van der Waals surface area contributed by atoms with Gasteiger partial charge in [-0.1, -0.05) is 6.07 Å². The van der Waals surface area contributed by atoms with Crippen LogP contribution >= 0.6 is 0 Å². The van der Waals surface area contributed by atoms with Crippen molar-refractivity contribution in [2.45, 2.75) is 70.1 Å². The van der Waals surface area contributed by atoms with Gasteiger partial charge < -0.3 is 20.1 Å². The van der Waals surface area contributed by atoms with Gasteiger partial charge in [0.25, 0.3) is 0 Å². The summed E-state index contributed by atoms with van der Waals surface area (Å²) >= 11 is 0. The van der Waals surface area contributed by atoms with Gasteiger partial charge in [-0.2, -0.15) is 0 Å². The van der Waals surface area contributed by atoms with Crippen LogP contribution in [-0.2, 0) is 9.47 Å². The summed E-state index contributed by atoms with van der Waals surface area (Å²) < 4.78 is 10.5. The molecule has 26 heavy (non-hydrogen) atoms. The van der Waals surface area contributed by atoms with E-state index in [4.69, 9.17) is 15.2 Å². The van der Waals surface area contributed by atoms with E-state index in [1.807, 2.05) is 37.8 Å². The Morgan fingerprint density at radius 1 is 1.15 bits per heavy atom. The van der Waals surface area contributed by atoms with E-state index in [-0.39, 0.29) is 30.1 Å². The number of nitrogens with zero attached hydrogens (tertiary/aromatic N) is 1. The van der Waals surface area contributed by atoms with Crippen molar-refractivity contribution < 1.29 is 19.1 Å². The molecule has 6 nitrogen and oxygen atoms in total. The van der Waals surface area contributed by atoms with Crippen LogP contribution in [0.15, 0.2) is 18.2 Å². The van der Waals surface area contributed by atoms with E-state index in [0.717, 1.165) is 31.2 Å². The highest BCUT2D eigenvalue weighted by Crippen LogP contribution is 2.44. The zero-order valence-corrected chi connectivity index (χ0v) is 16.0. The van der Waals surface area contributed by atoms with Gasteiger partial charge in [0.15, 0.2) is 0 Å². The van der Waals surface area contributed by atoms with Gasteiger partial charge >= 0.3 is 12.1 Å². The zero-order valence-electron chi connectivity index (χ0n) is 16.0. The van der Waals surface area contributed by atoms with Crippen molar-refractivity contribution >= 4 is 17.7 Å². The summed E-state index contributed by atoms with van der Waals surface area (Å²) in [6.07, 6.45) is 3.37. The summed E-state index contributed by atoms with van der Waals surface area (Å²) in [5, 5.41) is 0. The van der Waals surface area contributed by atoms with E-state index < -0.39 is 5.60 Å². The number of hydrogen-bond donors (Lipinski definition) is 1. The molecule has 2 atom stereocenters. The summed E-state index contributed by atoms with van der Waals surface area (Å²) in [5.41, 5.74) is 7.40. The molecule has 0 radical (unpaired) electrons. The lowest BCUT2D eigenvalue weighted by molar-refractivity contribution is 0.00571. The zero-order chi connectivity index (χ0) is 19.1. The Labute approximate surface area is 154 Å². The summed E-state index contributed by atoms with van der Waals surface area (Å²) in [5.74, 6) is -0.157. The Balaban J connectivity index is 1.82. The average Bonchev–Trinajstić information content (AvgIpc) is 2.83. The van der Waals surface area contributed by atoms with Crippen molar-refractivity contribution in [2.75, 3.05) is 12.8 Å². The van der Waals surface area contributed by atoms with Crippen molar-refractivity contribution in [3.05, 3.63) is 29.3 Å². The van der Waals surface area contributed by atoms with Gasteiger partial charge in [-0.25, -0.2) is 9.59 Å². The Bertz CT molecular complexity index is 696. The number of anilines is 1. The fourth-order valence-electron chi connectivity index (χ4n) is 4.26. The van der Waals surface area contributed by atoms with Crippen LogP contribution in [0.2, 0.25) is 0 Å². The summed E-state index contributed by atoms with van der Waals surface area (Å²) in [6, 6.07) is 5.73. The number of esters is 1. The molecule has 2 N–H and O–H groups in total. The second-order valence-electron chi connectivity index (χ2n) is 8.28. The lowest BCUT2D eigenvalue weighted by Crippen LogP contribution is -2.48. The van der Waals surface area contributed by atoms with Gasteiger partial charge in [-0.05, 0) is 70.1 Å². The third-order valence-electron chi connectivity index (χ3n) is 5.26. The second kappa shape index (κ2) is 6.82. The molecule has 0 spiro atoms. The molecule has 2 unspecified atom stereocenters. The van der Waals surface area contributed by atoms with Crippen LogP contribution in [-0.4, -0.2) is 41.8 Å². The monoisotopic (exact) mass is 360 g/mol. The Morgan fingerprint density at radius 3 is 2.31 bits per heavy atom. The first-order valence-corrected chi connectivity index (χ1v) is 9.18. The van der Waals surface area contributed by atoms with Crippen LogP contribution in [0.1, 0.15) is 68.3 Å². The van der Waals surface area contributed by atoms with Crippen molar-refractivity contribution in [3.8, 4) is 0 Å². The third-order valence-corrected chi connectivity index (χ3v) is 5.26. The number of benzene rings is 1. The van der Waals surface area contributed by atoms with Crippen molar-refractivity contribution in [3.63, 3.8) is 0 Å². The van der Waals surface area contributed by atoms with Gasteiger partial charge in [0.2, 0.25) is 0 Å². The molecule has 1 amide bonds. The molecule has 2 bridgehead atoms. The molecule has 2 heterocycles. The van der Waals surface area contributed by atoms with Gasteiger partial charge in [0.05, 0.1) is 12.7 Å². The average molecular weight is 360 g/mol. The molecule has 1 aromatic carbocycles. The van der Waals surface area contributed by atoms with E-state index in [1.54, 1.807) is 6.07 Å². The van der Waals surface area contributed by atoms with Gasteiger partial charge in [-0.3, -0.25) is 0 Å². The maximum atomic E-state index is 12.6. The predicted molar refractivity (Wildman–Crippen MR) is 99.1 cm³/mol. The number of ether oxygens (including phenoxy) is 2. The van der Waals surface area contributed by atoms with Crippen LogP contribution in [0.3, 0.4) is 0 Å². The van der Waals surface area contributed by atoms with E-state index >= 15 is 0 Å². The molecule has 142 valence electrons. The van der Waals surface area contributed by atoms with E-state index in [1.165, 1.54) is 7.11 Å². The lowest BCUT2D eigenvalue weighted by Gasteiger charge is -2.40. The number of piperidine rings is 1. The molecule has 0 saturated carbocycles. The third kappa shape index (κ3) is 3.64. The number of carbonyl (C=O) groups excluding carboxylic acids is 2. The highest BCUT2D eigenvalue weighted by molar-refractivity contribution is 5.92. The highest BCUT2D eigenvalue weighted by Gasteiger charge is 2.45. The van der Waals surface area contributed by atoms with E-state index in [0.29, 0.717) is 11.3 Å². The highest BCUT2D eigenvalue weighted by atomic mass is 16.6. The molecule has 2 aliphatic heterocycles. The van der Waals surface area contributed by atoms with Crippen molar-refractivity contribution in [1.82, 2.24) is 4.90 Å². The molecule has 0 aliphatic carbocycles. The molecular formula is C20H28N2O4. The number of methoxy groups -OCH3 is 1. The number of nitrogens with two attached hydrogens (primary N) is 1. The largest absolute Gasteiger partial charge is 0.465 e. The number of carbonyl (C=O) groups is 2. The first kappa shape index (κ1) is 18.5. The summed E-state index contributed by atoms with van der Waals surface area (Å²) in [4.78, 5) is 26.7. The molecule has 0 aromatic heterocycles. The summed E-state index contributed by atoms with van der Waals surface area (Å²) in [6.45, 7) is 5.66. The topological polar surface area (TPSA) is 81.9 Å². The molecular weight excluding hydrogens is 332 g/mol. The van der Waals surface area contributed by atoms with E-state index in [9.17, 15) is 9.59 Å². The second-order valence-corrected chi connectivity index (χ2v) is 8.28. The van der Waals surface area contributed by atoms with Crippen LogP contribution in [0, 0.1) is 0 Å². The first-order valence-electron chi connectivity index (χ1n) is 9.18. The number of rotatable bonds is 2. The maximum absolute atomic E-state index is 12.6. The molecule has 1 aromatic rings. The fraction of sp³-hybridized carbons (Fsp3) is 0.600. The van der Waals surface area contributed by atoms with Crippen LogP contribution in [0.25, 0.3) is 0 Å². The number of fused-ring (bicyclic) bond motifs is 2. The minimum absolute atomic E-state index is 0.150. The summed E-state index contributed by atoms with van der Waals surface area (Å²) in [7, 11) is 1.38. The van der Waals surface area contributed by atoms with Crippen LogP contribution in [0.4, 0.5) is 10.5 Å². The molecule has 3 rings (SSSR count). The van der Waals surface area contributed by atoms with Crippen LogP contribution in [0.5, 0.6) is 0 Å². The fourth-order valence-corrected chi connectivity index (χ4v) is 4.26. The SMILES string of the molecule is COC(=O)c1cc(N)ccc1C1CC2CCC(C1)N2C(=O)OC(C)(C)C. The smallest absolute Gasteiger partial charge is 0.410 e. The number of hydrogen-bond acceptors (Lipinski definition) is 5. The minimum atomic E-state index is -0.498. The normalized spacial score (nSPS) is 25.1. The minimum Gasteiger partial charge on any atom is -0.465 e. The molecule has 2 saturated heterocycles. The van der Waals surface area contributed by atoms with E-state index in [2.05, 4.69) is 0 Å². The van der Waals surface area contributed by atoms with Gasteiger partial charge in [-0.15, -0.1) is 0 Å². The van der Waals surface area contributed by atoms with Gasteiger partial charge in [0.1, 0.15) is 5.60 Å². The molecule has 2 fully saturated rings. The maximum Gasteiger partial charge on any atom is 0.410 e. The number of amides is 1. The Morgan fingerprint density at radius 2 is 1.77 bits per heavy atom. The predicted octanol–water partition coefficient (Wildman–Crippen LogP) is 3.70. The molecule has 6 heteroatoms. The van der Waals surface area contributed by atoms with Crippen LogP contribution < -0.4 is 5.73 Å². The Kier molecular flexibility index (Phi) is 4.86. The first-order chi connectivity index (χ1) is 12.2.